The first kappa shape index (κ1) is 28.4. The van der Waals surface area contributed by atoms with Crippen molar-refractivity contribution in [2.24, 2.45) is 34.0 Å². The maximum atomic E-state index is 12.5. The summed E-state index contributed by atoms with van der Waals surface area (Å²) >= 11 is 0. The first-order chi connectivity index (χ1) is 16.7. The van der Waals surface area contributed by atoms with Crippen LogP contribution in [0.1, 0.15) is 86.5 Å². The Hall–Kier alpha value is -2.14. The van der Waals surface area contributed by atoms with Gasteiger partial charge in [0.05, 0.1) is 19.1 Å². The number of hydrogen-bond donors (Lipinski definition) is 2. The van der Waals surface area contributed by atoms with Crippen LogP contribution in [0.2, 0.25) is 0 Å². The molecule has 3 rings (SSSR count). The normalized spacial score (nSPS) is 36.1. The summed E-state index contributed by atoms with van der Waals surface area (Å²) in [5.74, 6) is -1.75. The Morgan fingerprint density at radius 1 is 1.19 bits per heavy atom. The lowest BCUT2D eigenvalue weighted by Gasteiger charge is -2.56. The van der Waals surface area contributed by atoms with E-state index in [-0.39, 0.29) is 34.1 Å². The van der Waals surface area contributed by atoms with E-state index in [4.69, 9.17) is 4.74 Å². The Bertz CT molecular complexity index is 998. The lowest BCUT2D eigenvalue weighted by molar-refractivity contribution is -0.148. The van der Waals surface area contributed by atoms with Gasteiger partial charge in [-0.05, 0) is 87.2 Å². The molecule has 36 heavy (non-hydrogen) atoms. The minimum Gasteiger partial charge on any atom is -0.481 e. The number of carbonyl (C=O) groups is 2. The molecule has 0 saturated heterocycles. The molecule has 1 saturated carbocycles. The number of aliphatic carboxylic acids is 1. The van der Waals surface area contributed by atoms with Gasteiger partial charge in [0.25, 0.3) is 0 Å². The Morgan fingerprint density at radius 2 is 1.86 bits per heavy atom. The molecular formula is C31H46O5. The van der Waals surface area contributed by atoms with Crippen molar-refractivity contribution in [3.8, 4) is 0 Å². The molecule has 5 heteroatoms. The highest BCUT2D eigenvalue weighted by molar-refractivity contribution is 5.71. The molecule has 0 aromatic rings. The lowest BCUT2D eigenvalue weighted by Crippen LogP contribution is -2.48. The fraction of sp³-hybridized carbons (Fsp3) is 0.677. The van der Waals surface area contributed by atoms with Gasteiger partial charge in [0.1, 0.15) is 0 Å². The van der Waals surface area contributed by atoms with Crippen molar-refractivity contribution >= 4 is 11.9 Å². The van der Waals surface area contributed by atoms with Gasteiger partial charge in [-0.1, -0.05) is 56.7 Å². The largest absolute Gasteiger partial charge is 0.481 e. The minimum atomic E-state index is -0.815. The molecule has 0 aromatic heterocycles. The van der Waals surface area contributed by atoms with Crippen molar-refractivity contribution in [3.05, 3.63) is 47.1 Å². The van der Waals surface area contributed by atoms with Crippen molar-refractivity contribution in [1.82, 2.24) is 0 Å². The SMILES string of the molecule is C=C(C)[C@@H]1CC=C2C(=CC[C@]3(C)[C@@H]([C@@H](CCC=C(C)C)C(=O)O)[C@H](O)C[C@@]23C)[C@@]1(C)CCC(=O)OC. The van der Waals surface area contributed by atoms with Gasteiger partial charge in [-0.25, -0.2) is 0 Å². The zero-order valence-electron chi connectivity index (χ0n) is 23.3. The number of carboxylic acid groups (broad SMARTS) is 1. The Balaban J connectivity index is 2.05. The van der Waals surface area contributed by atoms with Gasteiger partial charge < -0.3 is 14.9 Å². The molecule has 5 nitrogen and oxygen atoms in total. The molecule has 0 radical (unpaired) electrons. The van der Waals surface area contributed by atoms with Gasteiger partial charge >= 0.3 is 11.9 Å². The number of carbonyl (C=O) groups excluding carboxylic acids is 1. The molecule has 0 aliphatic heterocycles. The fourth-order valence-corrected chi connectivity index (χ4v) is 7.87. The molecule has 2 N–H and O–H groups in total. The number of rotatable bonds is 9. The molecule has 200 valence electrons. The van der Waals surface area contributed by atoms with Crippen molar-refractivity contribution in [2.45, 2.75) is 92.6 Å². The highest BCUT2D eigenvalue weighted by atomic mass is 16.5. The van der Waals surface area contributed by atoms with Gasteiger partial charge in [0.15, 0.2) is 0 Å². The highest BCUT2D eigenvalue weighted by Gasteiger charge is 2.65. The third-order valence-corrected chi connectivity index (χ3v) is 10.0. The van der Waals surface area contributed by atoms with Crippen LogP contribution in [0.15, 0.2) is 47.1 Å². The summed E-state index contributed by atoms with van der Waals surface area (Å²) in [7, 11) is 1.43. The van der Waals surface area contributed by atoms with E-state index in [9.17, 15) is 19.8 Å². The Morgan fingerprint density at radius 3 is 2.42 bits per heavy atom. The number of fused-ring (bicyclic) bond motifs is 3. The van der Waals surface area contributed by atoms with Crippen LogP contribution in [0.3, 0.4) is 0 Å². The average Bonchev–Trinajstić information content (AvgIpc) is 3.00. The topological polar surface area (TPSA) is 83.8 Å². The molecule has 0 aromatic carbocycles. The van der Waals surface area contributed by atoms with Gasteiger partial charge in [-0.15, -0.1) is 0 Å². The van der Waals surface area contributed by atoms with Gasteiger partial charge in [-0.2, -0.15) is 0 Å². The van der Waals surface area contributed by atoms with Crippen LogP contribution in [-0.2, 0) is 14.3 Å². The van der Waals surface area contributed by atoms with Gasteiger partial charge in [0, 0.05) is 17.8 Å². The summed E-state index contributed by atoms with van der Waals surface area (Å²) in [4.78, 5) is 24.6. The number of aliphatic hydroxyl groups excluding tert-OH is 1. The zero-order valence-corrected chi connectivity index (χ0v) is 23.3. The lowest BCUT2D eigenvalue weighted by atomic mass is 9.48. The van der Waals surface area contributed by atoms with Crippen molar-refractivity contribution in [2.75, 3.05) is 7.11 Å². The number of hydrogen-bond acceptors (Lipinski definition) is 4. The standard InChI is InChI=1S/C31H46O5/c1-19(2)10-9-11-21(28(34)35)27-25(32)18-31(7)24-13-12-22(20(3)4)29(5,16-15-26(33)36-8)23(24)14-17-30(27,31)6/h10,13-14,21-22,25,27,32H,3,9,11-12,15-18H2,1-2,4-8H3,(H,34,35)/t21-,22+,25-,27+,29+,30-,31+/m1/s1. The van der Waals surface area contributed by atoms with E-state index in [1.165, 1.54) is 23.8 Å². The molecule has 3 aliphatic carbocycles. The van der Waals surface area contributed by atoms with Crippen LogP contribution in [0, 0.1) is 34.0 Å². The van der Waals surface area contributed by atoms with Crippen LogP contribution >= 0.6 is 0 Å². The van der Waals surface area contributed by atoms with Crippen molar-refractivity contribution in [3.63, 3.8) is 0 Å². The second kappa shape index (κ2) is 10.3. The van der Waals surface area contributed by atoms with Crippen LogP contribution in [-0.4, -0.2) is 35.4 Å². The van der Waals surface area contributed by atoms with E-state index in [2.05, 4.69) is 52.5 Å². The maximum absolute atomic E-state index is 12.5. The van der Waals surface area contributed by atoms with E-state index >= 15 is 0 Å². The average molecular weight is 499 g/mol. The highest BCUT2D eigenvalue weighted by Crippen LogP contribution is 2.70. The Kier molecular flexibility index (Phi) is 8.15. The number of ether oxygens (including phenoxy) is 1. The molecular weight excluding hydrogens is 452 g/mol. The van der Waals surface area contributed by atoms with Crippen LogP contribution in [0.5, 0.6) is 0 Å². The maximum Gasteiger partial charge on any atom is 0.306 e. The summed E-state index contributed by atoms with van der Waals surface area (Å²) in [6.07, 6.45) is 10.3. The predicted molar refractivity (Wildman–Crippen MR) is 143 cm³/mol. The monoisotopic (exact) mass is 498 g/mol. The molecule has 0 spiro atoms. The number of methoxy groups -OCH3 is 1. The number of carboxylic acids is 1. The number of esters is 1. The molecule has 3 aliphatic rings. The van der Waals surface area contributed by atoms with E-state index < -0.39 is 18.0 Å². The third kappa shape index (κ3) is 4.64. The summed E-state index contributed by atoms with van der Waals surface area (Å²) in [5, 5.41) is 21.7. The molecule has 0 amide bonds. The van der Waals surface area contributed by atoms with E-state index in [0.29, 0.717) is 38.5 Å². The molecule has 1 fully saturated rings. The van der Waals surface area contributed by atoms with Crippen LogP contribution < -0.4 is 0 Å². The van der Waals surface area contributed by atoms with E-state index in [1.807, 2.05) is 13.8 Å². The molecule has 0 unspecified atom stereocenters. The molecule has 0 bridgehead atoms. The zero-order chi connectivity index (χ0) is 27.1. The fourth-order valence-electron chi connectivity index (χ4n) is 7.87. The van der Waals surface area contributed by atoms with Crippen molar-refractivity contribution < 1.29 is 24.5 Å². The van der Waals surface area contributed by atoms with Crippen molar-refractivity contribution in [1.29, 1.82) is 0 Å². The minimum absolute atomic E-state index is 0.211. The van der Waals surface area contributed by atoms with E-state index in [0.717, 1.165) is 12.0 Å². The Labute approximate surface area is 217 Å². The quantitative estimate of drug-likeness (QED) is 0.275. The van der Waals surface area contributed by atoms with E-state index in [1.54, 1.807) is 0 Å². The second-order valence-corrected chi connectivity index (χ2v) is 12.4. The summed E-state index contributed by atoms with van der Waals surface area (Å²) in [6, 6.07) is 0. The number of aliphatic hydroxyl groups is 1. The van der Waals surface area contributed by atoms with Gasteiger partial charge in [-0.3, -0.25) is 9.59 Å². The first-order valence-corrected chi connectivity index (χ1v) is 13.4. The van der Waals surface area contributed by atoms with Crippen LogP contribution in [0.4, 0.5) is 0 Å². The van der Waals surface area contributed by atoms with Crippen LogP contribution in [0.25, 0.3) is 0 Å². The predicted octanol–water partition coefficient (Wildman–Crippen LogP) is 6.64. The second-order valence-electron chi connectivity index (χ2n) is 12.4. The molecule has 7 atom stereocenters. The molecule has 0 heterocycles. The van der Waals surface area contributed by atoms with Gasteiger partial charge in [0.2, 0.25) is 0 Å². The summed E-state index contributed by atoms with van der Waals surface area (Å²) in [6.45, 7) is 17.1. The summed E-state index contributed by atoms with van der Waals surface area (Å²) in [5.41, 5.74) is 3.76. The smallest absolute Gasteiger partial charge is 0.306 e. The number of allylic oxidation sites excluding steroid dienone is 7. The third-order valence-electron chi connectivity index (χ3n) is 10.0. The summed E-state index contributed by atoms with van der Waals surface area (Å²) < 4.78 is 4.96. The first-order valence-electron chi connectivity index (χ1n) is 13.4.